The van der Waals surface area contributed by atoms with Crippen molar-refractivity contribution in [1.29, 1.82) is 0 Å². The van der Waals surface area contributed by atoms with E-state index in [1.807, 2.05) is 0 Å². The second-order valence-electron chi connectivity index (χ2n) is 1.20. The van der Waals surface area contributed by atoms with Crippen molar-refractivity contribution in [3.63, 3.8) is 0 Å². The molecule has 0 saturated carbocycles. The van der Waals surface area contributed by atoms with E-state index in [1.165, 1.54) is 6.08 Å². The average molecular weight is 193 g/mol. The topological polar surface area (TPSA) is 34.1 Å². The SMILES string of the molecule is O=C1C=C(Br)C(=O)S1. The van der Waals surface area contributed by atoms with Gasteiger partial charge in [-0.1, -0.05) is 0 Å². The Morgan fingerprint density at radius 1 is 1.50 bits per heavy atom. The third-order valence-electron chi connectivity index (χ3n) is 0.633. The average Bonchev–Trinajstić information content (AvgIpc) is 1.85. The van der Waals surface area contributed by atoms with E-state index in [9.17, 15) is 9.59 Å². The monoisotopic (exact) mass is 192 g/mol. The molecule has 0 N–H and O–H groups in total. The van der Waals surface area contributed by atoms with Gasteiger partial charge >= 0.3 is 0 Å². The zero-order chi connectivity index (χ0) is 6.15. The lowest BCUT2D eigenvalue weighted by molar-refractivity contribution is -0.107. The zero-order valence-electron chi connectivity index (χ0n) is 3.68. The van der Waals surface area contributed by atoms with E-state index < -0.39 is 0 Å². The molecule has 0 saturated heterocycles. The van der Waals surface area contributed by atoms with Crippen LogP contribution in [0.25, 0.3) is 0 Å². The van der Waals surface area contributed by atoms with Crippen molar-refractivity contribution in [1.82, 2.24) is 0 Å². The molecule has 0 aromatic carbocycles. The van der Waals surface area contributed by atoms with Gasteiger partial charge in [0.2, 0.25) is 10.2 Å². The number of hydrogen-bond acceptors (Lipinski definition) is 3. The lowest BCUT2D eigenvalue weighted by atomic mass is 10.6. The molecule has 0 amide bonds. The fraction of sp³-hybridized carbons (Fsp3) is 0. The minimum absolute atomic E-state index is 0.193. The van der Waals surface area contributed by atoms with E-state index in [2.05, 4.69) is 15.9 Å². The van der Waals surface area contributed by atoms with Gasteiger partial charge in [-0.15, -0.1) is 0 Å². The lowest BCUT2D eigenvalue weighted by Crippen LogP contribution is -1.81. The molecule has 1 aliphatic heterocycles. The zero-order valence-corrected chi connectivity index (χ0v) is 6.08. The molecule has 0 fully saturated rings. The van der Waals surface area contributed by atoms with Crippen LogP contribution in [-0.4, -0.2) is 10.2 Å². The molecule has 0 bridgehead atoms. The summed E-state index contributed by atoms with van der Waals surface area (Å²) in [6.45, 7) is 0. The minimum atomic E-state index is -0.199. The molecule has 0 radical (unpaired) electrons. The largest absolute Gasteiger partial charge is 0.282 e. The second kappa shape index (κ2) is 2.03. The fourth-order valence-corrected chi connectivity index (χ4v) is 1.45. The molecule has 42 valence electrons. The van der Waals surface area contributed by atoms with Crippen molar-refractivity contribution in [3.05, 3.63) is 10.6 Å². The highest BCUT2D eigenvalue weighted by Crippen LogP contribution is 2.24. The van der Waals surface area contributed by atoms with Gasteiger partial charge in [0.05, 0.1) is 4.48 Å². The van der Waals surface area contributed by atoms with Crippen LogP contribution in [0.5, 0.6) is 0 Å². The Kier molecular flexibility index (Phi) is 1.53. The normalized spacial score (nSPS) is 19.4. The summed E-state index contributed by atoms with van der Waals surface area (Å²) >= 11 is 3.63. The van der Waals surface area contributed by atoms with Crippen molar-refractivity contribution in [2.24, 2.45) is 0 Å². The van der Waals surface area contributed by atoms with Crippen LogP contribution in [0.3, 0.4) is 0 Å². The van der Waals surface area contributed by atoms with Crippen LogP contribution < -0.4 is 0 Å². The molecule has 8 heavy (non-hydrogen) atoms. The maximum atomic E-state index is 10.4. The third kappa shape index (κ3) is 1.00. The Labute approximate surface area is 58.5 Å². The lowest BCUT2D eigenvalue weighted by Gasteiger charge is -1.76. The maximum absolute atomic E-state index is 10.4. The van der Waals surface area contributed by atoms with E-state index in [1.54, 1.807) is 0 Å². The van der Waals surface area contributed by atoms with E-state index in [-0.39, 0.29) is 10.2 Å². The predicted molar refractivity (Wildman–Crippen MR) is 34.6 cm³/mol. The Hall–Kier alpha value is -0.0900. The first-order valence-electron chi connectivity index (χ1n) is 1.83. The first-order chi connectivity index (χ1) is 3.70. The molecule has 1 aliphatic rings. The molecule has 0 aromatic heterocycles. The van der Waals surface area contributed by atoms with Gasteiger partial charge in [-0.2, -0.15) is 0 Å². The highest BCUT2D eigenvalue weighted by molar-refractivity contribution is 9.12. The summed E-state index contributed by atoms with van der Waals surface area (Å²) in [5.74, 6) is 0. The van der Waals surface area contributed by atoms with Gasteiger partial charge in [-0.05, 0) is 27.7 Å². The van der Waals surface area contributed by atoms with Crippen LogP contribution in [0.1, 0.15) is 0 Å². The fourth-order valence-electron chi connectivity index (χ4n) is 0.332. The molecule has 0 unspecified atom stereocenters. The number of halogens is 1. The van der Waals surface area contributed by atoms with Gasteiger partial charge in [0.15, 0.2) is 0 Å². The quantitative estimate of drug-likeness (QED) is 0.576. The highest BCUT2D eigenvalue weighted by atomic mass is 79.9. The molecule has 1 rings (SSSR count). The standard InChI is InChI=1S/C4HBrO2S/c5-2-1-3(6)8-4(2)7/h1H. The van der Waals surface area contributed by atoms with E-state index in [0.717, 1.165) is 0 Å². The molecular weight excluding hydrogens is 192 g/mol. The summed E-state index contributed by atoms with van der Waals surface area (Å²) in [7, 11) is 0. The number of hydrogen-bond donors (Lipinski definition) is 0. The van der Waals surface area contributed by atoms with Crippen LogP contribution in [0.15, 0.2) is 10.6 Å². The Morgan fingerprint density at radius 3 is 2.25 bits per heavy atom. The maximum Gasteiger partial charge on any atom is 0.234 e. The van der Waals surface area contributed by atoms with Crippen molar-refractivity contribution in [3.8, 4) is 0 Å². The van der Waals surface area contributed by atoms with E-state index in [0.29, 0.717) is 16.2 Å². The molecule has 0 spiro atoms. The summed E-state index contributed by atoms with van der Waals surface area (Å²) in [6, 6.07) is 0. The van der Waals surface area contributed by atoms with Crippen LogP contribution in [0, 0.1) is 0 Å². The van der Waals surface area contributed by atoms with Crippen molar-refractivity contribution in [2.45, 2.75) is 0 Å². The first-order valence-corrected chi connectivity index (χ1v) is 3.44. The summed E-state index contributed by atoms with van der Waals surface area (Å²) < 4.78 is 0.368. The summed E-state index contributed by atoms with van der Waals surface area (Å²) in [6.07, 6.45) is 1.27. The Morgan fingerprint density at radius 2 is 2.12 bits per heavy atom. The van der Waals surface area contributed by atoms with E-state index in [4.69, 9.17) is 0 Å². The minimum Gasteiger partial charge on any atom is -0.282 e. The van der Waals surface area contributed by atoms with Crippen LogP contribution in [0.2, 0.25) is 0 Å². The molecule has 1 heterocycles. The smallest absolute Gasteiger partial charge is 0.234 e. The van der Waals surface area contributed by atoms with Crippen LogP contribution >= 0.6 is 27.7 Å². The number of rotatable bonds is 0. The summed E-state index contributed by atoms with van der Waals surface area (Å²) in [4.78, 5) is 20.7. The molecular formula is C4HBrO2S. The summed E-state index contributed by atoms with van der Waals surface area (Å²) in [5, 5.41) is -0.392. The van der Waals surface area contributed by atoms with Gasteiger partial charge in [-0.25, -0.2) is 0 Å². The molecule has 0 aromatic rings. The third-order valence-corrected chi connectivity index (χ3v) is 2.21. The number of thioether (sulfide) groups is 1. The molecule has 0 aliphatic carbocycles. The van der Waals surface area contributed by atoms with E-state index >= 15 is 0 Å². The second-order valence-corrected chi connectivity index (χ2v) is 3.03. The van der Waals surface area contributed by atoms with Crippen LogP contribution in [0.4, 0.5) is 0 Å². The predicted octanol–water partition coefficient (Wildman–Crippen LogP) is 1.07. The van der Waals surface area contributed by atoms with Gasteiger partial charge < -0.3 is 0 Å². The van der Waals surface area contributed by atoms with Crippen molar-refractivity contribution < 1.29 is 9.59 Å². The Balaban J connectivity index is 2.88. The van der Waals surface area contributed by atoms with Gasteiger partial charge in [0.25, 0.3) is 0 Å². The van der Waals surface area contributed by atoms with Crippen molar-refractivity contribution in [2.75, 3.05) is 0 Å². The Bertz CT molecular complexity index is 184. The van der Waals surface area contributed by atoms with Gasteiger partial charge in [-0.3, -0.25) is 9.59 Å². The first kappa shape index (κ1) is 6.04. The summed E-state index contributed by atoms with van der Waals surface area (Å²) in [5.41, 5.74) is 0. The van der Waals surface area contributed by atoms with Crippen molar-refractivity contribution >= 4 is 37.9 Å². The molecule has 2 nitrogen and oxygen atoms in total. The van der Waals surface area contributed by atoms with Gasteiger partial charge in [0.1, 0.15) is 0 Å². The molecule has 0 atom stereocenters. The van der Waals surface area contributed by atoms with Crippen LogP contribution in [-0.2, 0) is 9.59 Å². The number of carbonyl (C=O) groups excluding carboxylic acids is 2. The highest BCUT2D eigenvalue weighted by Gasteiger charge is 2.19. The van der Waals surface area contributed by atoms with Gasteiger partial charge in [0, 0.05) is 6.08 Å². The number of carbonyl (C=O) groups is 2. The molecule has 4 heteroatoms.